The third-order valence-corrected chi connectivity index (χ3v) is 2.94. The second-order valence-corrected chi connectivity index (χ2v) is 4.61. The van der Waals surface area contributed by atoms with Crippen LogP contribution in [0.4, 0.5) is 24.7 Å². The van der Waals surface area contributed by atoms with E-state index in [-0.39, 0.29) is 10.7 Å². The van der Waals surface area contributed by atoms with Crippen molar-refractivity contribution in [3.05, 3.63) is 40.8 Å². The predicted octanol–water partition coefficient (Wildman–Crippen LogP) is 2.52. The van der Waals surface area contributed by atoms with E-state index in [2.05, 4.69) is 10.4 Å². The van der Waals surface area contributed by atoms with Gasteiger partial charge in [-0.2, -0.15) is 5.10 Å². The lowest BCUT2D eigenvalue weighted by Gasteiger charge is -2.10. The van der Waals surface area contributed by atoms with Crippen molar-refractivity contribution in [2.45, 2.75) is 6.92 Å². The largest absolute Gasteiger partial charge is 0.389 e. The SMILES string of the molecule is Cc1nn(C)c(Nc2cc(F)c(F)cc2F)c1C(N)=S. The molecule has 0 fully saturated rings. The van der Waals surface area contributed by atoms with E-state index in [0.717, 1.165) is 6.07 Å². The number of nitrogens with one attached hydrogen (secondary N) is 1. The van der Waals surface area contributed by atoms with Crippen molar-refractivity contribution in [3.8, 4) is 0 Å². The Morgan fingerprint density at radius 1 is 1.25 bits per heavy atom. The first-order valence-corrected chi connectivity index (χ1v) is 5.97. The van der Waals surface area contributed by atoms with Crippen LogP contribution in [0.3, 0.4) is 0 Å². The minimum atomic E-state index is -1.26. The van der Waals surface area contributed by atoms with Crippen LogP contribution in [-0.4, -0.2) is 14.8 Å². The fraction of sp³-hybridized carbons (Fsp3) is 0.167. The summed E-state index contributed by atoms with van der Waals surface area (Å²) in [6.07, 6.45) is 0. The summed E-state index contributed by atoms with van der Waals surface area (Å²) in [7, 11) is 1.59. The molecule has 0 aliphatic rings. The normalized spacial score (nSPS) is 10.7. The van der Waals surface area contributed by atoms with Crippen LogP contribution in [-0.2, 0) is 7.05 Å². The number of thiocarbonyl (C=S) groups is 1. The van der Waals surface area contributed by atoms with Crippen molar-refractivity contribution in [1.29, 1.82) is 0 Å². The maximum Gasteiger partial charge on any atom is 0.161 e. The molecule has 0 bridgehead atoms. The average molecular weight is 300 g/mol. The zero-order valence-electron chi connectivity index (χ0n) is 10.7. The van der Waals surface area contributed by atoms with Gasteiger partial charge in [0, 0.05) is 19.2 Å². The van der Waals surface area contributed by atoms with E-state index in [4.69, 9.17) is 18.0 Å². The molecule has 8 heteroatoms. The van der Waals surface area contributed by atoms with Crippen LogP contribution >= 0.6 is 12.2 Å². The van der Waals surface area contributed by atoms with Gasteiger partial charge in [0.15, 0.2) is 11.6 Å². The van der Waals surface area contributed by atoms with E-state index < -0.39 is 17.5 Å². The lowest BCUT2D eigenvalue weighted by atomic mass is 10.2. The van der Waals surface area contributed by atoms with Gasteiger partial charge in [-0.1, -0.05) is 12.2 Å². The summed E-state index contributed by atoms with van der Waals surface area (Å²) < 4.78 is 41.1. The number of benzene rings is 1. The zero-order chi connectivity index (χ0) is 15.0. The molecule has 0 aliphatic carbocycles. The molecule has 0 saturated heterocycles. The number of hydrogen-bond donors (Lipinski definition) is 2. The fourth-order valence-corrected chi connectivity index (χ4v) is 2.09. The Hall–Kier alpha value is -2.09. The molecule has 2 aromatic rings. The summed E-state index contributed by atoms with van der Waals surface area (Å²) in [5.74, 6) is -3.05. The quantitative estimate of drug-likeness (QED) is 0.675. The van der Waals surface area contributed by atoms with Crippen molar-refractivity contribution in [3.63, 3.8) is 0 Å². The Balaban J connectivity index is 2.50. The summed E-state index contributed by atoms with van der Waals surface area (Å²) in [6.45, 7) is 1.68. The molecular formula is C12H11F3N4S. The number of aryl methyl sites for hydroxylation is 2. The molecule has 1 aromatic carbocycles. The maximum absolute atomic E-state index is 13.6. The summed E-state index contributed by atoms with van der Waals surface area (Å²) in [4.78, 5) is 0.0705. The van der Waals surface area contributed by atoms with Gasteiger partial charge in [-0.25, -0.2) is 13.2 Å². The summed E-state index contributed by atoms with van der Waals surface area (Å²) in [5.41, 5.74) is 6.32. The highest BCUT2D eigenvalue weighted by Crippen LogP contribution is 2.26. The molecule has 0 aliphatic heterocycles. The molecule has 106 valence electrons. The van der Waals surface area contributed by atoms with Crippen LogP contribution in [0.1, 0.15) is 11.3 Å². The smallest absolute Gasteiger partial charge is 0.161 e. The number of nitrogens with zero attached hydrogens (tertiary/aromatic N) is 2. The van der Waals surface area contributed by atoms with Crippen molar-refractivity contribution in [2.75, 3.05) is 5.32 Å². The standard InChI is InChI=1S/C12H11F3N4S/c1-5-10(11(16)20)12(19(2)18-5)17-9-4-7(14)6(13)3-8(9)15/h3-4,17H,1-2H3,(H2,16,20). The van der Waals surface area contributed by atoms with Crippen LogP contribution in [0.5, 0.6) is 0 Å². The summed E-state index contributed by atoms with van der Waals surface area (Å²) in [5, 5.41) is 6.73. The molecule has 4 nitrogen and oxygen atoms in total. The Bertz CT molecular complexity index is 696. The lowest BCUT2D eigenvalue weighted by Crippen LogP contribution is -2.13. The molecule has 0 atom stereocenters. The second-order valence-electron chi connectivity index (χ2n) is 4.17. The van der Waals surface area contributed by atoms with E-state index in [9.17, 15) is 13.2 Å². The van der Waals surface area contributed by atoms with Gasteiger partial charge in [-0.3, -0.25) is 4.68 Å². The molecule has 0 spiro atoms. The van der Waals surface area contributed by atoms with E-state index in [1.807, 2.05) is 0 Å². The molecule has 3 N–H and O–H groups in total. The number of aromatic nitrogens is 2. The number of halogens is 3. The summed E-state index contributed by atoms with van der Waals surface area (Å²) >= 11 is 4.90. The highest BCUT2D eigenvalue weighted by atomic mass is 32.1. The van der Waals surface area contributed by atoms with E-state index in [1.54, 1.807) is 14.0 Å². The highest BCUT2D eigenvalue weighted by molar-refractivity contribution is 7.80. The Kier molecular flexibility index (Phi) is 3.67. The van der Waals surface area contributed by atoms with E-state index in [0.29, 0.717) is 23.1 Å². The minimum Gasteiger partial charge on any atom is -0.389 e. The van der Waals surface area contributed by atoms with Crippen LogP contribution in [0.25, 0.3) is 0 Å². The van der Waals surface area contributed by atoms with Crippen LogP contribution in [0.2, 0.25) is 0 Å². The van der Waals surface area contributed by atoms with Gasteiger partial charge in [0.2, 0.25) is 0 Å². The molecule has 1 heterocycles. The fourth-order valence-electron chi connectivity index (χ4n) is 1.84. The van der Waals surface area contributed by atoms with E-state index in [1.165, 1.54) is 4.68 Å². The first-order valence-electron chi connectivity index (χ1n) is 5.56. The number of rotatable bonds is 3. The number of nitrogens with two attached hydrogens (primary N) is 1. The summed E-state index contributed by atoms with van der Waals surface area (Å²) in [6, 6.07) is 1.18. The van der Waals surface area contributed by atoms with Gasteiger partial charge >= 0.3 is 0 Å². The van der Waals surface area contributed by atoms with Crippen molar-refractivity contribution in [1.82, 2.24) is 9.78 Å². The van der Waals surface area contributed by atoms with Crippen LogP contribution in [0, 0.1) is 24.4 Å². The molecular weight excluding hydrogens is 289 g/mol. The first-order chi connectivity index (χ1) is 9.31. The monoisotopic (exact) mass is 300 g/mol. The number of hydrogen-bond acceptors (Lipinski definition) is 3. The van der Waals surface area contributed by atoms with Gasteiger partial charge in [0.25, 0.3) is 0 Å². The molecule has 2 rings (SSSR count). The van der Waals surface area contributed by atoms with Crippen LogP contribution in [0.15, 0.2) is 12.1 Å². The average Bonchev–Trinajstić information content (AvgIpc) is 2.61. The third kappa shape index (κ3) is 2.46. The van der Waals surface area contributed by atoms with Crippen molar-refractivity contribution < 1.29 is 13.2 Å². The van der Waals surface area contributed by atoms with Gasteiger partial charge < -0.3 is 11.1 Å². The van der Waals surface area contributed by atoms with Crippen molar-refractivity contribution in [2.24, 2.45) is 12.8 Å². The van der Waals surface area contributed by atoms with Gasteiger partial charge in [-0.05, 0) is 6.92 Å². The zero-order valence-corrected chi connectivity index (χ0v) is 11.5. The second kappa shape index (κ2) is 5.12. The maximum atomic E-state index is 13.6. The Morgan fingerprint density at radius 2 is 1.85 bits per heavy atom. The van der Waals surface area contributed by atoms with Crippen LogP contribution < -0.4 is 11.1 Å². The topological polar surface area (TPSA) is 55.9 Å². The highest BCUT2D eigenvalue weighted by Gasteiger charge is 2.18. The molecule has 0 unspecified atom stereocenters. The Morgan fingerprint density at radius 3 is 2.45 bits per heavy atom. The minimum absolute atomic E-state index is 0.0705. The van der Waals surface area contributed by atoms with Gasteiger partial charge in [-0.15, -0.1) is 0 Å². The molecule has 0 amide bonds. The lowest BCUT2D eigenvalue weighted by molar-refractivity contribution is 0.496. The Labute approximate surface area is 118 Å². The first kappa shape index (κ1) is 14.3. The van der Waals surface area contributed by atoms with Crippen molar-refractivity contribution >= 4 is 28.7 Å². The molecule has 0 saturated carbocycles. The van der Waals surface area contributed by atoms with Gasteiger partial charge in [0.1, 0.15) is 16.6 Å². The molecule has 20 heavy (non-hydrogen) atoms. The number of anilines is 2. The third-order valence-electron chi connectivity index (χ3n) is 2.73. The van der Waals surface area contributed by atoms with Gasteiger partial charge in [0.05, 0.1) is 16.9 Å². The molecule has 1 aromatic heterocycles. The predicted molar refractivity (Wildman–Crippen MR) is 73.4 cm³/mol. The van der Waals surface area contributed by atoms with E-state index >= 15 is 0 Å². The molecule has 0 radical (unpaired) electrons.